The molecule has 1 aromatic carbocycles. The molecule has 1 aromatic heterocycles. The summed E-state index contributed by atoms with van der Waals surface area (Å²) < 4.78 is 69.6. The normalized spacial score (nSPS) is 18.0. The van der Waals surface area contributed by atoms with Crippen LogP contribution in [-0.4, -0.2) is 91.0 Å². The number of amides is 2. The number of hydrogen-bond acceptors (Lipinski definition) is 5. The number of carbonyl (C=O) groups is 1. The Morgan fingerprint density at radius 2 is 1.71 bits per heavy atom. The van der Waals surface area contributed by atoms with Gasteiger partial charge in [-0.25, -0.2) is 13.8 Å². The van der Waals surface area contributed by atoms with Crippen molar-refractivity contribution in [3.63, 3.8) is 0 Å². The fourth-order valence-corrected chi connectivity index (χ4v) is 7.14. The minimum atomic E-state index is -4.51. The number of piperidine rings is 1. The van der Waals surface area contributed by atoms with Gasteiger partial charge in [-0.1, -0.05) is 6.07 Å². The number of aromatic nitrogens is 2. The van der Waals surface area contributed by atoms with Crippen LogP contribution in [0.4, 0.5) is 29.3 Å². The van der Waals surface area contributed by atoms with Crippen molar-refractivity contribution in [2.45, 2.75) is 70.1 Å². The van der Waals surface area contributed by atoms with Crippen LogP contribution in [-0.2, 0) is 42.4 Å². The van der Waals surface area contributed by atoms with E-state index >= 15 is 0 Å². The van der Waals surface area contributed by atoms with Gasteiger partial charge in [0.2, 0.25) is 0 Å². The van der Waals surface area contributed by atoms with Crippen LogP contribution < -0.4 is 14.3 Å². The summed E-state index contributed by atoms with van der Waals surface area (Å²) in [5, 5.41) is 6.54. The van der Waals surface area contributed by atoms with Crippen LogP contribution in [0.3, 0.4) is 0 Å². The molecule has 1 aliphatic heterocycles. The summed E-state index contributed by atoms with van der Waals surface area (Å²) in [4.78, 5) is 15.1. The van der Waals surface area contributed by atoms with Gasteiger partial charge in [-0.3, -0.25) is 4.68 Å². The summed E-state index contributed by atoms with van der Waals surface area (Å²) in [6.45, 7) is -0.115. The van der Waals surface area contributed by atoms with E-state index in [1.807, 2.05) is 11.9 Å². The van der Waals surface area contributed by atoms with Gasteiger partial charge >= 0.3 is 52.0 Å². The van der Waals surface area contributed by atoms with Crippen LogP contribution in [0, 0.1) is 0 Å². The summed E-state index contributed by atoms with van der Waals surface area (Å²) in [6, 6.07) is 0.801. The predicted octanol–water partition coefficient (Wildman–Crippen LogP) is 2.74. The van der Waals surface area contributed by atoms with Crippen molar-refractivity contribution in [1.82, 2.24) is 19.4 Å². The van der Waals surface area contributed by atoms with Gasteiger partial charge < -0.3 is 10.2 Å². The van der Waals surface area contributed by atoms with Crippen molar-refractivity contribution in [2.75, 3.05) is 29.8 Å². The number of fused-ring (bicyclic) bond motifs is 2. The molecule has 0 bridgehead atoms. The van der Waals surface area contributed by atoms with E-state index < -0.39 is 35.0 Å². The average molecular weight is 565 g/mol. The van der Waals surface area contributed by atoms with Gasteiger partial charge in [0.05, 0.1) is 11.9 Å². The quantitative estimate of drug-likeness (QED) is 0.526. The van der Waals surface area contributed by atoms with E-state index in [0.29, 0.717) is 36.3 Å². The van der Waals surface area contributed by atoms with E-state index in [9.17, 15) is 26.4 Å². The maximum atomic E-state index is 13.6. The molecule has 0 atom stereocenters. The number of nitrogens with zero attached hydrogens (tertiary/aromatic N) is 4. The molecular formula is C24H32F3N6NaO3S. The van der Waals surface area contributed by atoms with Crippen molar-refractivity contribution in [2.24, 2.45) is 0 Å². The zero-order chi connectivity index (χ0) is 26.4. The molecule has 2 amide bonds. The second-order valence-electron chi connectivity index (χ2n) is 10.1. The van der Waals surface area contributed by atoms with Gasteiger partial charge in [0.1, 0.15) is 6.54 Å². The van der Waals surface area contributed by atoms with Crippen molar-refractivity contribution in [3.05, 3.63) is 40.7 Å². The standard InChI is InChI=1S/C24H31F3N6O3S.Na.H/c1-31-10-8-18(9-11-31)33(19-13-28-32(14-19)15-24(25,26)27)37(35,36)30-23(34)29-22-20-6-2-4-16(20)12-17-5-3-7-21(17)22;;/h12-14,18H,2-11,15H2,1H3,(H2,29,30,34);;. The molecule has 2 aliphatic carbocycles. The molecule has 3 aliphatic rings. The molecule has 2 N–H and O–H groups in total. The number of carbonyl (C=O) groups excluding carboxylic acids is 1. The Morgan fingerprint density at radius 3 is 2.29 bits per heavy atom. The number of halogens is 3. The first kappa shape index (κ1) is 29.2. The fourth-order valence-electron chi connectivity index (χ4n) is 5.78. The zero-order valence-electron chi connectivity index (χ0n) is 20.6. The van der Waals surface area contributed by atoms with Gasteiger partial charge in [-0.05, 0) is 93.8 Å². The second-order valence-corrected chi connectivity index (χ2v) is 11.7. The number of alkyl halides is 3. The first-order valence-electron chi connectivity index (χ1n) is 12.6. The van der Waals surface area contributed by atoms with Crippen LogP contribution in [0.15, 0.2) is 18.5 Å². The van der Waals surface area contributed by atoms with Crippen LogP contribution in [0.1, 0.15) is 47.9 Å². The molecule has 0 radical (unpaired) electrons. The molecule has 2 heterocycles. The van der Waals surface area contributed by atoms with Crippen molar-refractivity contribution < 1.29 is 26.4 Å². The van der Waals surface area contributed by atoms with E-state index in [1.54, 1.807) is 0 Å². The summed E-state index contributed by atoms with van der Waals surface area (Å²) in [7, 11) is -2.54. The summed E-state index contributed by atoms with van der Waals surface area (Å²) >= 11 is 0. The molecule has 1 fully saturated rings. The molecule has 2 aromatic rings. The number of urea groups is 1. The van der Waals surface area contributed by atoms with E-state index in [2.05, 4.69) is 21.2 Å². The summed E-state index contributed by atoms with van der Waals surface area (Å²) in [5.74, 6) is 0. The first-order valence-corrected chi connectivity index (χ1v) is 14.0. The Kier molecular flexibility index (Phi) is 8.73. The van der Waals surface area contributed by atoms with Crippen molar-refractivity contribution in [3.8, 4) is 0 Å². The molecule has 0 spiro atoms. The van der Waals surface area contributed by atoms with E-state index in [1.165, 1.54) is 11.1 Å². The molecule has 1 saturated heterocycles. The molecule has 5 rings (SSSR count). The SMILES string of the molecule is CN1CCC(N(c2cnn(CC(F)(F)F)c2)S(=O)(=O)NC(=O)Nc2c3c(cc4c2CCC4)CCC3)CC1.[NaH]. The Morgan fingerprint density at radius 1 is 1.11 bits per heavy atom. The second kappa shape index (κ2) is 11.4. The van der Waals surface area contributed by atoms with Crippen molar-refractivity contribution >= 4 is 57.2 Å². The summed E-state index contributed by atoms with van der Waals surface area (Å²) in [6.07, 6.45) is 4.05. The molecule has 9 nitrogen and oxygen atoms in total. The number of nitrogens with one attached hydrogen (secondary N) is 2. The topological polar surface area (TPSA) is 99.6 Å². The van der Waals surface area contributed by atoms with Gasteiger partial charge in [0.25, 0.3) is 0 Å². The fraction of sp³-hybridized carbons (Fsp3) is 0.583. The third-order valence-electron chi connectivity index (χ3n) is 7.43. The van der Waals surface area contributed by atoms with Crippen LogP contribution in [0.2, 0.25) is 0 Å². The summed E-state index contributed by atoms with van der Waals surface area (Å²) in [5.41, 5.74) is 5.22. The van der Waals surface area contributed by atoms with Gasteiger partial charge in [-0.15, -0.1) is 0 Å². The van der Waals surface area contributed by atoms with Crippen LogP contribution >= 0.6 is 0 Å². The van der Waals surface area contributed by atoms with Crippen LogP contribution in [0.25, 0.3) is 0 Å². The molecule has 14 heteroatoms. The van der Waals surface area contributed by atoms with Crippen molar-refractivity contribution in [1.29, 1.82) is 0 Å². The number of hydrogen-bond donors (Lipinski definition) is 2. The monoisotopic (exact) mass is 564 g/mol. The predicted molar refractivity (Wildman–Crippen MR) is 140 cm³/mol. The molecule has 0 unspecified atom stereocenters. The number of rotatable bonds is 6. The molecule has 38 heavy (non-hydrogen) atoms. The average Bonchev–Trinajstić information content (AvgIpc) is 3.54. The number of likely N-dealkylation sites (tertiary alicyclic amines) is 1. The van der Waals surface area contributed by atoms with E-state index in [0.717, 1.165) is 66.4 Å². The Balaban J connectivity index is 0.00000336. The molecule has 204 valence electrons. The maximum absolute atomic E-state index is 13.6. The zero-order valence-corrected chi connectivity index (χ0v) is 21.5. The van der Waals surface area contributed by atoms with Crippen LogP contribution in [0.5, 0.6) is 0 Å². The van der Waals surface area contributed by atoms with E-state index in [-0.39, 0.29) is 35.2 Å². The van der Waals surface area contributed by atoms with Gasteiger partial charge in [0.15, 0.2) is 0 Å². The Bertz CT molecular complexity index is 1260. The molecule has 0 saturated carbocycles. The first-order chi connectivity index (χ1) is 17.5. The third-order valence-corrected chi connectivity index (χ3v) is 8.90. The number of aryl methyl sites for hydroxylation is 2. The number of anilines is 2. The third kappa shape index (κ3) is 6.33. The van der Waals surface area contributed by atoms with Gasteiger partial charge in [-0.2, -0.15) is 26.7 Å². The van der Waals surface area contributed by atoms with Gasteiger partial charge in [0, 0.05) is 17.9 Å². The molecular weight excluding hydrogens is 532 g/mol. The van der Waals surface area contributed by atoms with E-state index in [4.69, 9.17) is 0 Å². The number of benzene rings is 1. The Labute approximate surface area is 242 Å². The minimum absolute atomic E-state index is 0. The Hall–Kier alpha value is -1.80.